The summed E-state index contributed by atoms with van der Waals surface area (Å²) >= 11 is 0. The highest BCUT2D eigenvalue weighted by Crippen LogP contribution is 2.18. The highest BCUT2D eigenvalue weighted by atomic mass is 32.2. The van der Waals surface area contributed by atoms with E-state index in [2.05, 4.69) is 4.98 Å². The van der Waals surface area contributed by atoms with Gasteiger partial charge in [-0.15, -0.1) is 0 Å². The van der Waals surface area contributed by atoms with Crippen LogP contribution in [-0.2, 0) is 19.6 Å². The maximum atomic E-state index is 12.8. The Morgan fingerprint density at radius 1 is 0.970 bits per heavy atom. The van der Waals surface area contributed by atoms with Crippen LogP contribution in [0.4, 0.5) is 0 Å². The Hall–Kier alpha value is -3.50. The van der Waals surface area contributed by atoms with E-state index in [4.69, 9.17) is 4.74 Å². The van der Waals surface area contributed by atoms with Gasteiger partial charge in [-0.3, -0.25) is 9.59 Å². The van der Waals surface area contributed by atoms with E-state index >= 15 is 0 Å². The normalized spacial score (nSPS) is 15.8. The number of piperazine rings is 1. The predicted octanol–water partition coefficient (Wildman–Crippen LogP) is 1.61. The second kappa shape index (κ2) is 9.16. The van der Waals surface area contributed by atoms with Crippen molar-refractivity contribution >= 4 is 32.7 Å². The van der Waals surface area contributed by atoms with E-state index in [1.165, 1.54) is 34.3 Å². The maximum Gasteiger partial charge on any atom is 0.355 e. The monoisotopic (exact) mass is 469 g/mol. The van der Waals surface area contributed by atoms with Gasteiger partial charge >= 0.3 is 5.97 Å². The van der Waals surface area contributed by atoms with Crippen LogP contribution < -0.4 is 5.56 Å². The molecule has 0 radical (unpaired) electrons. The van der Waals surface area contributed by atoms with Crippen LogP contribution in [0.15, 0.2) is 70.4 Å². The largest absolute Gasteiger partial charge is 0.448 e. The molecule has 1 saturated heterocycles. The lowest BCUT2D eigenvalue weighted by molar-refractivity contribution is -0.141. The average molecular weight is 470 g/mol. The Bertz CT molecular complexity index is 1350. The zero-order valence-electron chi connectivity index (χ0n) is 17.9. The fourth-order valence-corrected chi connectivity index (χ4v) is 5.19. The van der Waals surface area contributed by atoms with Gasteiger partial charge in [0.15, 0.2) is 6.10 Å². The molecule has 33 heavy (non-hydrogen) atoms. The SMILES string of the molecule is C[C@@H](OC(=O)c1cc2ccccc2c(=O)[nH]1)C(=O)N1CCN(S(=O)(=O)c2ccccc2)CC1. The summed E-state index contributed by atoms with van der Waals surface area (Å²) < 4.78 is 32.1. The third kappa shape index (κ3) is 4.67. The number of sulfonamides is 1. The average Bonchev–Trinajstić information content (AvgIpc) is 2.84. The molecule has 2 aromatic carbocycles. The van der Waals surface area contributed by atoms with E-state index in [1.54, 1.807) is 42.5 Å². The standard InChI is InChI=1S/C23H23N3O6S/c1-16(32-23(29)20-15-17-7-5-6-10-19(17)21(27)24-20)22(28)25-11-13-26(14-12-25)33(30,31)18-8-3-2-4-9-18/h2-10,15-16H,11-14H2,1H3,(H,24,27)/t16-/m1/s1. The zero-order chi connectivity index (χ0) is 23.6. The molecule has 0 spiro atoms. The highest BCUT2D eigenvalue weighted by Gasteiger charge is 2.32. The first-order valence-electron chi connectivity index (χ1n) is 10.4. The number of nitrogens with zero attached hydrogens (tertiary/aromatic N) is 2. The van der Waals surface area contributed by atoms with Crippen molar-refractivity contribution in [3.63, 3.8) is 0 Å². The van der Waals surface area contributed by atoms with Crippen LogP contribution in [0.1, 0.15) is 17.4 Å². The molecular formula is C23H23N3O6S. The van der Waals surface area contributed by atoms with Crippen LogP contribution in [0, 0.1) is 0 Å². The number of carbonyl (C=O) groups is 2. The van der Waals surface area contributed by atoms with E-state index in [1.807, 2.05) is 0 Å². The molecule has 1 fully saturated rings. The minimum Gasteiger partial charge on any atom is -0.448 e. The van der Waals surface area contributed by atoms with E-state index in [0.29, 0.717) is 10.8 Å². The molecule has 4 rings (SSSR count). The van der Waals surface area contributed by atoms with Crippen molar-refractivity contribution in [1.82, 2.24) is 14.2 Å². The number of rotatable bonds is 5. The molecule has 1 N–H and O–H groups in total. The quantitative estimate of drug-likeness (QED) is 0.568. The number of hydrogen-bond donors (Lipinski definition) is 1. The molecule has 0 unspecified atom stereocenters. The van der Waals surface area contributed by atoms with E-state index in [9.17, 15) is 22.8 Å². The third-order valence-corrected chi connectivity index (χ3v) is 7.45. The summed E-state index contributed by atoms with van der Waals surface area (Å²) in [6, 6.07) is 16.5. The first-order chi connectivity index (χ1) is 15.8. The fraction of sp³-hybridized carbons (Fsp3) is 0.261. The molecule has 0 saturated carbocycles. The molecular weight excluding hydrogens is 446 g/mol. The molecule has 10 heteroatoms. The smallest absolute Gasteiger partial charge is 0.355 e. The van der Waals surface area contributed by atoms with Gasteiger partial charge in [0.1, 0.15) is 5.69 Å². The van der Waals surface area contributed by atoms with Crippen LogP contribution in [0.25, 0.3) is 10.8 Å². The second-order valence-electron chi connectivity index (χ2n) is 7.69. The number of hydrogen-bond acceptors (Lipinski definition) is 6. The minimum absolute atomic E-state index is 0.0443. The maximum absolute atomic E-state index is 12.8. The molecule has 1 aliphatic heterocycles. The molecule has 1 aromatic heterocycles. The molecule has 1 aliphatic rings. The van der Waals surface area contributed by atoms with Gasteiger partial charge in [-0.2, -0.15) is 4.31 Å². The number of aromatic nitrogens is 1. The van der Waals surface area contributed by atoms with Crippen LogP contribution >= 0.6 is 0 Å². The van der Waals surface area contributed by atoms with Crippen molar-refractivity contribution in [2.75, 3.05) is 26.2 Å². The first kappa shape index (κ1) is 22.7. The van der Waals surface area contributed by atoms with Gasteiger partial charge in [0.05, 0.1) is 4.90 Å². The number of fused-ring (bicyclic) bond motifs is 1. The summed E-state index contributed by atoms with van der Waals surface area (Å²) in [4.78, 5) is 41.7. The summed E-state index contributed by atoms with van der Waals surface area (Å²) in [6.45, 7) is 2.09. The topological polar surface area (TPSA) is 117 Å². The molecule has 1 atom stereocenters. The fourth-order valence-electron chi connectivity index (χ4n) is 3.74. The van der Waals surface area contributed by atoms with E-state index < -0.39 is 33.6 Å². The van der Waals surface area contributed by atoms with Crippen LogP contribution in [-0.4, -0.2) is 66.8 Å². The van der Waals surface area contributed by atoms with Gasteiger partial charge in [-0.1, -0.05) is 36.4 Å². The van der Waals surface area contributed by atoms with Crippen molar-refractivity contribution in [3.8, 4) is 0 Å². The Balaban J connectivity index is 1.38. The summed E-state index contributed by atoms with van der Waals surface area (Å²) in [5.41, 5.74) is -0.466. The molecule has 0 aliphatic carbocycles. The third-order valence-electron chi connectivity index (χ3n) is 5.54. The van der Waals surface area contributed by atoms with Gasteiger partial charge in [-0.25, -0.2) is 13.2 Å². The Morgan fingerprint density at radius 3 is 2.30 bits per heavy atom. The van der Waals surface area contributed by atoms with E-state index in [-0.39, 0.29) is 36.8 Å². The molecule has 3 aromatic rings. The highest BCUT2D eigenvalue weighted by molar-refractivity contribution is 7.89. The zero-order valence-corrected chi connectivity index (χ0v) is 18.7. The van der Waals surface area contributed by atoms with Crippen molar-refractivity contribution in [2.24, 2.45) is 0 Å². The Kier molecular flexibility index (Phi) is 6.30. The van der Waals surface area contributed by atoms with Crippen LogP contribution in [0.3, 0.4) is 0 Å². The number of aromatic amines is 1. The number of esters is 1. The lowest BCUT2D eigenvalue weighted by Crippen LogP contribution is -2.52. The van der Waals surface area contributed by atoms with Crippen molar-refractivity contribution in [1.29, 1.82) is 0 Å². The van der Waals surface area contributed by atoms with Crippen molar-refractivity contribution in [2.45, 2.75) is 17.9 Å². The van der Waals surface area contributed by atoms with Gasteiger partial charge in [-0.05, 0) is 36.6 Å². The van der Waals surface area contributed by atoms with Crippen LogP contribution in [0.2, 0.25) is 0 Å². The summed E-state index contributed by atoms with van der Waals surface area (Å²) in [6.07, 6.45) is -1.09. The number of amides is 1. The number of pyridine rings is 1. The molecule has 9 nitrogen and oxygen atoms in total. The van der Waals surface area contributed by atoms with Crippen molar-refractivity contribution in [3.05, 3.63) is 76.7 Å². The second-order valence-corrected chi connectivity index (χ2v) is 9.63. The number of H-pyrrole nitrogens is 1. The van der Waals surface area contributed by atoms with Crippen LogP contribution in [0.5, 0.6) is 0 Å². The number of benzene rings is 2. The number of carbonyl (C=O) groups excluding carboxylic acids is 2. The lowest BCUT2D eigenvalue weighted by Gasteiger charge is -2.35. The number of nitrogens with one attached hydrogen (secondary N) is 1. The predicted molar refractivity (Wildman–Crippen MR) is 121 cm³/mol. The van der Waals surface area contributed by atoms with Gasteiger partial charge < -0.3 is 14.6 Å². The Morgan fingerprint density at radius 2 is 1.61 bits per heavy atom. The van der Waals surface area contributed by atoms with E-state index in [0.717, 1.165) is 0 Å². The molecule has 1 amide bonds. The lowest BCUT2D eigenvalue weighted by atomic mass is 10.1. The Labute approximate surface area is 190 Å². The van der Waals surface area contributed by atoms with Gasteiger partial charge in [0.25, 0.3) is 11.5 Å². The molecule has 0 bridgehead atoms. The van der Waals surface area contributed by atoms with Gasteiger partial charge in [0.2, 0.25) is 10.0 Å². The first-order valence-corrected chi connectivity index (χ1v) is 11.9. The molecule has 172 valence electrons. The summed E-state index contributed by atoms with van der Waals surface area (Å²) in [5, 5.41) is 1.03. The van der Waals surface area contributed by atoms with Crippen molar-refractivity contribution < 1.29 is 22.7 Å². The summed E-state index contributed by atoms with van der Waals surface area (Å²) in [5.74, 6) is -1.24. The van der Waals surface area contributed by atoms with Gasteiger partial charge in [0, 0.05) is 31.6 Å². The summed E-state index contributed by atoms with van der Waals surface area (Å²) in [7, 11) is -3.63. The molecule has 2 heterocycles. The minimum atomic E-state index is -3.63. The number of ether oxygens (including phenoxy) is 1.